The van der Waals surface area contributed by atoms with Crippen molar-refractivity contribution in [2.75, 3.05) is 6.61 Å². The topological polar surface area (TPSA) is 39.2 Å². The van der Waals surface area contributed by atoms with Crippen molar-refractivity contribution in [3.8, 4) is 0 Å². The quantitative estimate of drug-likeness (QED) is 0.690. The third-order valence-corrected chi connectivity index (χ3v) is 2.06. The summed E-state index contributed by atoms with van der Waals surface area (Å²) in [5.41, 5.74) is 2.46. The van der Waals surface area contributed by atoms with Crippen molar-refractivity contribution in [1.82, 2.24) is 4.98 Å². The van der Waals surface area contributed by atoms with Crippen molar-refractivity contribution in [1.29, 1.82) is 0 Å². The van der Waals surface area contributed by atoms with E-state index in [1.165, 1.54) is 0 Å². The molecule has 0 aromatic carbocycles. The monoisotopic (exact) mass is 193 g/mol. The fraction of sp³-hybridized carbons (Fsp3) is 0.455. The second-order valence-electron chi connectivity index (χ2n) is 3.02. The Hall–Kier alpha value is -1.38. The van der Waals surface area contributed by atoms with E-state index in [4.69, 9.17) is 4.74 Å². The van der Waals surface area contributed by atoms with Crippen LogP contribution in [0.25, 0.3) is 0 Å². The minimum absolute atomic E-state index is 0.349. The molecule has 0 spiro atoms. The molecule has 1 aromatic rings. The van der Waals surface area contributed by atoms with E-state index in [1.54, 1.807) is 13.0 Å². The normalized spacial score (nSPS) is 9.93. The highest BCUT2D eigenvalue weighted by atomic mass is 16.5. The van der Waals surface area contributed by atoms with Gasteiger partial charge in [-0.25, -0.2) is 9.78 Å². The standard InChI is InChI=1S/C11H15NO2/c1-4-9-6-7-10(12-8(9)3)11(13)14-5-2/h6-7H,4-5H2,1-3H3. The number of hydrogen-bond donors (Lipinski definition) is 0. The summed E-state index contributed by atoms with van der Waals surface area (Å²) < 4.78 is 4.85. The van der Waals surface area contributed by atoms with Crippen LogP contribution in [0.2, 0.25) is 0 Å². The Labute approximate surface area is 84.1 Å². The minimum atomic E-state index is -0.349. The molecule has 0 fully saturated rings. The maximum absolute atomic E-state index is 11.3. The number of carbonyl (C=O) groups excluding carboxylic acids is 1. The molecule has 0 bridgehead atoms. The zero-order valence-electron chi connectivity index (χ0n) is 8.83. The van der Waals surface area contributed by atoms with E-state index in [0.717, 1.165) is 17.7 Å². The van der Waals surface area contributed by atoms with Gasteiger partial charge in [0.1, 0.15) is 5.69 Å². The molecule has 1 aromatic heterocycles. The number of esters is 1. The second-order valence-corrected chi connectivity index (χ2v) is 3.02. The van der Waals surface area contributed by atoms with E-state index in [-0.39, 0.29) is 5.97 Å². The summed E-state index contributed by atoms with van der Waals surface area (Å²) in [7, 11) is 0. The van der Waals surface area contributed by atoms with Gasteiger partial charge in [-0.3, -0.25) is 0 Å². The number of aryl methyl sites for hydroxylation is 2. The van der Waals surface area contributed by atoms with E-state index < -0.39 is 0 Å². The highest BCUT2D eigenvalue weighted by molar-refractivity contribution is 5.87. The van der Waals surface area contributed by atoms with Crippen LogP contribution in [0.1, 0.15) is 35.6 Å². The molecule has 1 rings (SSSR count). The maximum Gasteiger partial charge on any atom is 0.356 e. The molecule has 0 amide bonds. The molecular weight excluding hydrogens is 178 g/mol. The van der Waals surface area contributed by atoms with Gasteiger partial charge >= 0.3 is 5.97 Å². The van der Waals surface area contributed by atoms with Crippen LogP contribution in [-0.4, -0.2) is 17.6 Å². The van der Waals surface area contributed by atoms with E-state index in [9.17, 15) is 4.79 Å². The smallest absolute Gasteiger partial charge is 0.356 e. The molecule has 1 heterocycles. The Bertz CT molecular complexity index is 334. The summed E-state index contributed by atoms with van der Waals surface area (Å²) >= 11 is 0. The Morgan fingerprint density at radius 3 is 2.64 bits per heavy atom. The van der Waals surface area contributed by atoms with Crippen molar-refractivity contribution >= 4 is 5.97 Å². The van der Waals surface area contributed by atoms with Gasteiger partial charge in [0, 0.05) is 5.69 Å². The zero-order chi connectivity index (χ0) is 10.6. The summed E-state index contributed by atoms with van der Waals surface area (Å²) in [4.78, 5) is 15.5. The van der Waals surface area contributed by atoms with Crippen molar-refractivity contribution in [2.24, 2.45) is 0 Å². The van der Waals surface area contributed by atoms with Crippen LogP contribution in [0.5, 0.6) is 0 Å². The summed E-state index contributed by atoms with van der Waals surface area (Å²) in [5.74, 6) is -0.349. The van der Waals surface area contributed by atoms with Crippen LogP contribution in [-0.2, 0) is 11.2 Å². The van der Waals surface area contributed by atoms with Gasteiger partial charge < -0.3 is 4.74 Å². The van der Waals surface area contributed by atoms with Gasteiger partial charge in [-0.15, -0.1) is 0 Å². The Morgan fingerprint density at radius 2 is 2.14 bits per heavy atom. The van der Waals surface area contributed by atoms with Crippen molar-refractivity contribution in [3.63, 3.8) is 0 Å². The molecule has 0 aliphatic heterocycles. The van der Waals surface area contributed by atoms with E-state index in [0.29, 0.717) is 12.3 Å². The third kappa shape index (κ3) is 2.31. The Balaban J connectivity index is 2.91. The van der Waals surface area contributed by atoms with E-state index in [1.807, 2.05) is 13.0 Å². The molecular formula is C11H15NO2. The van der Waals surface area contributed by atoms with Crippen LogP contribution in [0.15, 0.2) is 12.1 Å². The molecule has 0 radical (unpaired) electrons. The molecule has 0 saturated heterocycles. The molecule has 0 atom stereocenters. The number of nitrogens with zero attached hydrogens (tertiary/aromatic N) is 1. The molecule has 0 saturated carbocycles. The lowest BCUT2D eigenvalue weighted by atomic mass is 10.1. The first-order valence-corrected chi connectivity index (χ1v) is 4.82. The first-order chi connectivity index (χ1) is 6.69. The average Bonchev–Trinajstić information content (AvgIpc) is 2.18. The van der Waals surface area contributed by atoms with Crippen LogP contribution >= 0.6 is 0 Å². The lowest BCUT2D eigenvalue weighted by molar-refractivity contribution is 0.0519. The van der Waals surface area contributed by atoms with Gasteiger partial charge in [-0.2, -0.15) is 0 Å². The minimum Gasteiger partial charge on any atom is -0.461 e. The predicted octanol–water partition coefficient (Wildman–Crippen LogP) is 2.13. The molecule has 14 heavy (non-hydrogen) atoms. The molecule has 3 heteroatoms. The van der Waals surface area contributed by atoms with Crippen LogP contribution in [0.3, 0.4) is 0 Å². The fourth-order valence-corrected chi connectivity index (χ4v) is 1.28. The van der Waals surface area contributed by atoms with Crippen LogP contribution < -0.4 is 0 Å². The highest BCUT2D eigenvalue weighted by Gasteiger charge is 2.08. The lowest BCUT2D eigenvalue weighted by Gasteiger charge is -2.05. The molecule has 0 unspecified atom stereocenters. The molecule has 0 aliphatic rings. The Morgan fingerprint density at radius 1 is 1.43 bits per heavy atom. The molecule has 3 nitrogen and oxygen atoms in total. The van der Waals surface area contributed by atoms with Gasteiger partial charge in [0.25, 0.3) is 0 Å². The number of pyridine rings is 1. The van der Waals surface area contributed by atoms with Crippen molar-refractivity contribution in [2.45, 2.75) is 27.2 Å². The summed E-state index contributed by atoms with van der Waals surface area (Å²) in [6.45, 7) is 6.13. The fourth-order valence-electron chi connectivity index (χ4n) is 1.28. The van der Waals surface area contributed by atoms with Gasteiger partial charge in [0.15, 0.2) is 0 Å². The van der Waals surface area contributed by atoms with Gasteiger partial charge in [-0.05, 0) is 31.9 Å². The molecule has 76 valence electrons. The Kier molecular flexibility index (Phi) is 3.63. The van der Waals surface area contributed by atoms with Gasteiger partial charge in [0.05, 0.1) is 6.61 Å². The second kappa shape index (κ2) is 4.74. The van der Waals surface area contributed by atoms with Gasteiger partial charge in [0.2, 0.25) is 0 Å². The largest absolute Gasteiger partial charge is 0.461 e. The summed E-state index contributed by atoms with van der Waals surface area (Å²) in [6, 6.07) is 3.64. The average molecular weight is 193 g/mol. The van der Waals surface area contributed by atoms with E-state index in [2.05, 4.69) is 11.9 Å². The van der Waals surface area contributed by atoms with Crippen molar-refractivity contribution in [3.05, 3.63) is 29.1 Å². The number of carbonyl (C=O) groups is 1. The van der Waals surface area contributed by atoms with E-state index >= 15 is 0 Å². The van der Waals surface area contributed by atoms with Crippen molar-refractivity contribution < 1.29 is 9.53 Å². The number of rotatable bonds is 3. The number of ether oxygens (including phenoxy) is 1. The highest BCUT2D eigenvalue weighted by Crippen LogP contribution is 2.08. The number of aromatic nitrogens is 1. The maximum atomic E-state index is 11.3. The first-order valence-electron chi connectivity index (χ1n) is 4.82. The SMILES string of the molecule is CCOC(=O)c1ccc(CC)c(C)n1. The van der Waals surface area contributed by atoms with Gasteiger partial charge in [-0.1, -0.05) is 13.0 Å². The molecule has 0 N–H and O–H groups in total. The zero-order valence-corrected chi connectivity index (χ0v) is 8.83. The van der Waals surface area contributed by atoms with Crippen LogP contribution in [0, 0.1) is 6.92 Å². The van der Waals surface area contributed by atoms with Crippen LogP contribution in [0.4, 0.5) is 0 Å². The third-order valence-electron chi connectivity index (χ3n) is 2.06. The number of hydrogen-bond acceptors (Lipinski definition) is 3. The lowest BCUT2D eigenvalue weighted by Crippen LogP contribution is -2.08. The summed E-state index contributed by atoms with van der Waals surface area (Å²) in [5, 5.41) is 0. The molecule has 0 aliphatic carbocycles. The summed E-state index contributed by atoms with van der Waals surface area (Å²) in [6.07, 6.45) is 0.932. The predicted molar refractivity (Wildman–Crippen MR) is 54.3 cm³/mol. The first kappa shape index (κ1) is 10.7.